The Morgan fingerprint density at radius 3 is 0.641 bits per heavy atom. The first-order chi connectivity index (χ1) is 19.1. The Morgan fingerprint density at radius 1 is 0.282 bits per heavy atom. The zero-order valence-electron chi connectivity index (χ0n) is 25.0. The summed E-state index contributed by atoms with van der Waals surface area (Å²) in [5, 5.41) is 0. The van der Waals surface area contributed by atoms with Gasteiger partial charge in [0.1, 0.15) is 0 Å². The van der Waals surface area contributed by atoms with Crippen LogP contribution in [-0.2, 0) is 56.5 Å². The molecule has 39 heavy (non-hydrogen) atoms. The van der Waals surface area contributed by atoms with E-state index in [1.165, 1.54) is 0 Å². The van der Waals surface area contributed by atoms with Crippen LogP contribution in [0.15, 0.2) is 0 Å². The van der Waals surface area contributed by atoms with E-state index >= 15 is 0 Å². The summed E-state index contributed by atoms with van der Waals surface area (Å²) in [4.78, 5) is 0. The van der Waals surface area contributed by atoms with Gasteiger partial charge in [0.25, 0.3) is 0 Å². The van der Waals surface area contributed by atoms with Crippen molar-refractivity contribution < 1.29 is 56.5 Å². The number of hydrogen-bond donors (Lipinski definition) is 0. The van der Waals surface area contributed by atoms with Crippen LogP contribution in [0.1, 0.15) is 0 Å². The Balaban J connectivity index is 3.04. The Morgan fingerprint density at radius 2 is 0.462 bits per heavy atom. The van der Waals surface area contributed by atoms with Gasteiger partial charge in [0.05, 0.1) is 145 Å². The monoisotopic (exact) mass is 588 g/mol. The fraction of sp³-hybridized carbons (Fsp3) is 1.00. The van der Waals surface area contributed by atoms with E-state index in [4.69, 9.17) is 56.5 Å². The van der Waals surface area contributed by atoms with Gasteiger partial charge in [0, 0.05) is 7.11 Å². The van der Waals surface area contributed by atoms with E-state index in [1.54, 1.807) is 7.11 Å². The van der Waals surface area contributed by atoms with Gasteiger partial charge in [-0.3, -0.25) is 0 Å². The second-order valence-electron chi connectivity index (χ2n) is 9.08. The Hall–Kier alpha value is -0.263. The summed E-state index contributed by atoms with van der Waals surface area (Å²) in [6.07, 6.45) is 0. The molecule has 0 unspecified atom stereocenters. The van der Waals surface area contributed by atoms with E-state index < -0.39 is 8.32 Å². The molecule has 12 nitrogen and oxygen atoms in total. The van der Waals surface area contributed by atoms with Gasteiger partial charge < -0.3 is 56.5 Å². The van der Waals surface area contributed by atoms with Gasteiger partial charge >= 0.3 is 0 Å². The first kappa shape index (κ1) is 38.7. The number of rotatable bonds is 34. The smallest absolute Gasteiger partial charge is 0.183 e. The van der Waals surface area contributed by atoms with Gasteiger partial charge in [-0.25, -0.2) is 0 Å². The highest BCUT2D eigenvalue weighted by atomic mass is 28.4. The molecule has 0 rings (SSSR count). The van der Waals surface area contributed by atoms with Crippen molar-refractivity contribution in [2.45, 2.75) is 19.6 Å². The second-order valence-corrected chi connectivity index (χ2v) is 13.6. The van der Waals surface area contributed by atoms with E-state index in [1.807, 2.05) is 0 Å². The molecule has 0 aromatic carbocycles. The molecule has 0 atom stereocenters. The Bertz CT molecular complexity index is 457. The van der Waals surface area contributed by atoms with Crippen LogP contribution in [0.2, 0.25) is 19.6 Å². The topological polar surface area (TPSA) is 111 Å². The summed E-state index contributed by atoms with van der Waals surface area (Å²) in [7, 11) is 0.202. The molecule has 0 aliphatic carbocycles. The van der Waals surface area contributed by atoms with Crippen molar-refractivity contribution in [3.05, 3.63) is 0 Å². The normalized spacial score (nSPS) is 12.0. The van der Waals surface area contributed by atoms with E-state index in [0.29, 0.717) is 145 Å². The maximum atomic E-state index is 5.71. The van der Waals surface area contributed by atoms with Crippen molar-refractivity contribution in [1.82, 2.24) is 0 Å². The number of methoxy groups -OCH3 is 1. The third-order valence-electron chi connectivity index (χ3n) is 4.54. The SMILES string of the molecule is COCCOCCOCCOCCOCCOCCOCCOCCOCCOCCOCCO[Si](C)(C)C. The minimum atomic E-state index is -1.45. The van der Waals surface area contributed by atoms with Gasteiger partial charge in [-0.1, -0.05) is 0 Å². The lowest BCUT2D eigenvalue weighted by Gasteiger charge is -2.16. The second kappa shape index (κ2) is 32.3. The Kier molecular flexibility index (Phi) is 32.0. The van der Waals surface area contributed by atoms with E-state index in [2.05, 4.69) is 19.6 Å². The summed E-state index contributed by atoms with van der Waals surface area (Å²) in [6, 6.07) is 0. The molecule has 0 heterocycles. The van der Waals surface area contributed by atoms with Crippen LogP contribution >= 0.6 is 0 Å². The minimum absolute atomic E-state index is 0.521. The van der Waals surface area contributed by atoms with E-state index in [0.717, 1.165) is 0 Å². The van der Waals surface area contributed by atoms with Crippen LogP contribution in [0.3, 0.4) is 0 Å². The molecule has 236 valence electrons. The minimum Gasteiger partial charge on any atom is -0.415 e. The molecule has 13 heteroatoms. The first-order valence-corrected chi connectivity index (χ1v) is 17.4. The van der Waals surface area contributed by atoms with Gasteiger partial charge in [0.15, 0.2) is 8.32 Å². The van der Waals surface area contributed by atoms with E-state index in [9.17, 15) is 0 Å². The summed E-state index contributed by atoms with van der Waals surface area (Å²) in [5.74, 6) is 0. The quantitative estimate of drug-likeness (QED) is 0.0805. The third kappa shape index (κ3) is 37.7. The van der Waals surface area contributed by atoms with Crippen LogP contribution in [0, 0.1) is 0 Å². The van der Waals surface area contributed by atoms with Gasteiger partial charge in [-0.05, 0) is 19.6 Å². The molecular formula is C26H56O12Si. The lowest BCUT2D eigenvalue weighted by molar-refractivity contribution is -0.0273. The molecule has 0 saturated carbocycles. The van der Waals surface area contributed by atoms with Crippen molar-refractivity contribution in [2.75, 3.05) is 152 Å². The molecule has 0 aliphatic heterocycles. The largest absolute Gasteiger partial charge is 0.415 e. The predicted molar refractivity (Wildman–Crippen MR) is 149 cm³/mol. The predicted octanol–water partition coefficient (Wildman–Crippen LogP) is 1.65. The molecule has 0 aromatic heterocycles. The summed E-state index contributed by atoms with van der Waals surface area (Å²) < 4.78 is 64.9. The molecule has 0 radical (unpaired) electrons. The first-order valence-electron chi connectivity index (χ1n) is 14.0. The van der Waals surface area contributed by atoms with Gasteiger partial charge in [-0.15, -0.1) is 0 Å². The van der Waals surface area contributed by atoms with Crippen molar-refractivity contribution in [1.29, 1.82) is 0 Å². The van der Waals surface area contributed by atoms with E-state index in [-0.39, 0.29) is 0 Å². The molecule has 0 aliphatic rings. The highest BCUT2D eigenvalue weighted by Crippen LogP contribution is 2.01. The fourth-order valence-corrected chi connectivity index (χ4v) is 3.33. The molecular weight excluding hydrogens is 532 g/mol. The molecule has 0 saturated heterocycles. The standard InChI is InChI=1S/C26H56O12Si/c1-27-5-6-28-7-8-29-9-10-30-11-12-31-13-14-32-15-16-33-17-18-34-19-20-35-21-22-36-23-24-37-25-26-38-39(2,3)4/h5-26H2,1-4H3. The molecule has 0 amide bonds. The highest BCUT2D eigenvalue weighted by molar-refractivity contribution is 6.69. The number of ether oxygens (including phenoxy) is 11. The maximum Gasteiger partial charge on any atom is 0.183 e. The third-order valence-corrected chi connectivity index (χ3v) is 5.61. The Labute approximate surface area is 237 Å². The highest BCUT2D eigenvalue weighted by Gasteiger charge is 2.13. The van der Waals surface area contributed by atoms with Crippen molar-refractivity contribution in [3.8, 4) is 0 Å². The van der Waals surface area contributed by atoms with Crippen molar-refractivity contribution in [3.63, 3.8) is 0 Å². The lowest BCUT2D eigenvalue weighted by Crippen LogP contribution is -2.27. The zero-order valence-corrected chi connectivity index (χ0v) is 26.0. The van der Waals surface area contributed by atoms with Crippen molar-refractivity contribution in [2.24, 2.45) is 0 Å². The van der Waals surface area contributed by atoms with Gasteiger partial charge in [-0.2, -0.15) is 0 Å². The maximum absolute atomic E-state index is 5.71. The van der Waals surface area contributed by atoms with Crippen LogP contribution in [0.4, 0.5) is 0 Å². The number of hydrogen-bond acceptors (Lipinski definition) is 12. The molecule has 0 aromatic rings. The lowest BCUT2D eigenvalue weighted by atomic mass is 10.6. The van der Waals surface area contributed by atoms with Crippen molar-refractivity contribution >= 4 is 8.32 Å². The summed E-state index contributed by atoms with van der Waals surface area (Å²) in [5.41, 5.74) is 0. The van der Waals surface area contributed by atoms with Crippen LogP contribution in [0.25, 0.3) is 0 Å². The zero-order chi connectivity index (χ0) is 28.5. The fourth-order valence-electron chi connectivity index (χ4n) is 2.63. The average molecular weight is 589 g/mol. The summed E-state index contributed by atoms with van der Waals surface area (Å²) in [6.45, 7) is 18.6. The van der Waals surface area contributed by atoms with Crippen LogP contribution in [0.5, 0.6) is 0 Å². The van der Waals surface area contributed by atoms with Crippen LogP contribution < -0.4 is 0 Å². The molecule has 0 spiro atoms. The molecule has 0 bridgehead atoms. The average Bonchev–Trinajstić information content (AvgIpc) is 2.90. The molecule has 0 N–H and O–H groups in total. The molecule has 0 fully saturated rings. The van der Waals surface area contributed by atoms with Crippen LogP contribution in [-0.4, -0.2) is 161 Å². The van der Waals surface area contributed by atoms with Gasteiger partial charge in [0.2, 0.25) is 0 Å². The summed E-state index contributed by atoms with van der Waals surface area (Å²) >= 11 is 0.